The maximum absolute atomic E-state index is 5.78. The Morgan fingerprint density at radius 3 is 2.94 bits per heavy atom. The molecule has 1 aliphatic rings. The van der Waals surface area contributed by atoms with Crippen LogP contribution in [0.15, 0.2) is 18.2 Å². The fourth-order valence-corrected chi connectivity index (χ4v) is 1.96. The van der Waals surface area contributed by atoms with Gasteiger partial charge in [0.2, 0.25) is 0 Å². The molecule has 2 rings (SSSR count). The largest absolute Gasteiger partial charge is 0.493 e. The van der Waals surface area contributed by atoms with E-state index in [9.17, 15) is 0 Å². The van der Waals surface area contributed by atoms with Crippen LogP contribution in [0.3, 0.4) is 0 Å². The summed E-state index contributed by atoms with van der Waals surface area (Å²) in [5.74, 6) is 1.57. The molecule has 1 N–H and O–H groups in total. The van der Waals surface area contributed by atoms with Crippen LogP contribution in [0.5, 0.6) is 11.5 Å². The Bertz CT molecular complexity index is 375. The van der Waals surface area contributed by atoms with Gasteiger partial charge in [-0.15, -0.1) is 0 Å². The average Bonchev–Trinajstić information content (AvgIpc) is 2.46. The van der Waals surface area contributed by atoms with Gasteiger partial charge in [-0.25, -0.2) is 0 Å². The highest BCUT2D eigenvalue weighted by atomic mass is 16.5. The first kappa shape index (κ1) is 13.2. The van der Waals surface area contributed by atoms with E-state index in [1.807, 2.05) is 12.1 Å². The van der Waals surface area contributed by atoms with Crippen molar-refractivity contribution in [1.29, 1.82) is 0 Å². The number of benzene rings is 1. The highest BCUT2D eigenvalue weighted by Gasteiger charge is 2.15. The molecule has 4 heteroatoms. The van der Waals surface area contributed by atoms with Gasteiger partial charge in [-0.1, -0.05) is 13.0 Å². The molecule has 1 aliphatic heterocycles. The van der Waals surface area contributed by atoms with E-state index in [0.717, 1.165) is 37.6 Å². The normalized spacial score (nSPS) is 19.6. The van der Waals surface area contributed by atoms with E-state index in [1.165, 1.54) is 5.56 Å². The van der Waals surface area contributed by atoms with E-state index in [0.29, 0.717) is 6.61 Å². The minimum absolute atomic E-state index is 0.120. The summed E-state index contributed by atoms with van der Waals surface area (Å²) in [4.78, 5) is 0. The van der Waals surface area contributed by atoms with E-state index in [-0.39, 0.29) is 6.10 Å². The van der Waals surface area contributed by atoms with Gasteiger partial charge in [-0.2, -0.15) is 0 Å². The van der Waals surface area contributed by atoms with Crippen molar-refractivity contribution in [3.8, 4) is 11.5 Å². The summed E-state index contributed by atoms with van der Waals surface area (Å²) < 4.78 is 16.7. The van der Waals surface area contributed by atoms with Crippen LogP contribution in [0.4, 0.5) is 0 Å². The highest BCUT2D eigenvalue weighted by molar-refractivity contribution is 5.42. The summed E-state index contributed by atoms with van der Waals surface area (Å²) in [7, 11) is 1.67. The number of methoxy groups -OCH3 is 1. The minimum Gasteiger partial charge on any atom is -0.493 e. The zero-order chi connectivity index (χ0) is 12.8. The van der Waals surface area contributed by atoms with Crippen LogP contribution in [0.1, 0.15) is 12.5 Å². The number of hydrogen-bond donors (Lipinski definition) is 1. The Morgan fingerprint density at radius 2 is 2.28 bits per heavy atom. The lowest BCUT2D eigenvalue weighted by atomic mass is 10.1. The smallest absolute Gasteiger partial charge is 0.161 e. The Labute approximate surface area is 108 Å². The van der Waals surface area contributed by atoms with Crippen molar-refractivity contribution in [2.24, 2.45) is 0 Å². The van der Waals surface area contributed by atoms with Crippen LogP contribution in [-0.2, 0) is 11.2 Å². The molecule has 1 saturated heterocycles. The molecule has 0 aromatic heterocycles. The van der Waals surface area contributed by atoms with Crippen molar-refractivity contribution in [2.75, 3.05) is 33.4 Å². The predicted octanol–water partition coefficient (Wildman–Crippen LogP) is 1.62. The molecule has 18 heavy (non-hydrogen) atoms. The van der Waals surface area contributed by atoms with E-state index in [1.54, 1.807) is 7.11 Å². The number of hydrogen-bond acceptors (Lipinski definition) is 4. The molecular weight excluding hydrogens is 230 g/mol. The Balaban J connectivity index is 1.95. The molecule has 4 nitrogen and oxygen atoms in total. The average molecular weight is 251 g/mol. The second-order valence-electron chi connectivity index (χ2n) is 4.35. The summed E-state index contributed by atoms with van der Waals surface area (Å²) in [5, 5.41) is 3.28. The maximum atomic E-state index is 5.78. The van der Waals surface area contributed by atoms with Crippen molar-refractivity contribution in [3.05, 3.63) is 23.8 Å². The van der Waals surface area contributed by atoms with E-state index in [4.69, 9.17) is 14.2 Å². The Morgan fingerprint density at radius 1 is 1.39 bits per heavy atom. The second kappa shape index (κ2) is 6.61. The summed E-state index contributed by atoms with van der Waals surface area (Å²) >= 11 is 0. The van der Waals surface area contributed by atoms with Gasteiger partial charge < -0.3 is 19.5 Å². The molecule has 0 radical (unpaired) electrons. The molecule has 1 heterocycles. The van der Waals surface area contributed by atoms with Crippen molar-refractivity contribution in [1.82, 2.24) is 5.32 Å². The zero-order valence-electron chi connectivity index (χ0n) is 11.1. The van der Waals surface area contributed by atoms with Gasteiger partial charge in [-0.3, -0.25) is 0 Å². The predicted molar refractivity (Wildman–Crippen MR) is 70.5 cm³/mol. The Hall–Kier alpha value is -1.26. The lowest BCUT2D eigenvalue weighted by Gasteiger charge is -2.24. The van der Waals surface area contributed by atoms with Gasteiger partial charge in [0, 0.05) is 13.1 Å². The number of rotatable bonds is 5. The second-order valence-corrected chi connectivity index (χ2v) is 4.35. The number of aryl methyl sites for hydroxylation is 1. The fraction of sp³-hybridized carbons (Fsp3) is 0.571. The molecule has 100 valence electrons. The highest BCUT2D eigenvalue weighted by Crippen LogP contribution is 2.28. The van der Waals surface area contributed by atoms with Crippen LogP contribution in [0.25, 0.3) is 0 Å². The van der Waals surface area contributed by atoms with Gasteiger partial charge in [0.05, 0.1) is 13.7 Å². The third-order valence-corrected chi connectivity index (χ3v) is 3.07. The molecule has 1 aromatic rings. The SMILES string of the molecule is CCc1ccc(OCC2CNCCO2)c(OC)c1. The van der Waals surface area contributed by atoms with Gasteiger partial charge >= 0.3 is 0 Å². The van der Waals surface area contributed by atoms with Gasteiger partial charge in [0.1, 0.15) is 12.7 Å². The van der Waals surface area contributed by atoms with E-state index >= 15 is 0 Å². The van der Waals surface area contributed by atoms with Crippen LogP contribution >= 0.6 is 0 Å². The van der Waals surface area contributed by atoms with Crippen LogP contribution < -0.4 is 14.8 Å². The zero-order valence-corrected chi connectivity index (χ0v) is 11.1. The molecule has 1 aromatic carbocycles. The van der Waals surface area contributed by atoms with Crippen molar-refractivity contribution in [3.63, 3.8) is 0 Å². The molecule has 1 unspecified atom stereocenters. The maximum Gasteiger partial charge on any atom is 0.161 e. The first-order chi connectivity index (χ1) is 8.83. The topological polar surface area (TPSA) is 39.7 Å². The molecule has 1 fully saturated rings. The first-order valence-electron chi connectivity index (χ1n) is 6.45. The van der Waals surface area contributed by atoms with Gasteiger partial charge in [-0.05, 0) is 24.1 Å². The summed E-state index contributed by atoms with van der Waals surface area (Å²) in [6.07, 6.45) is 1.11. The minimum atomic E-state index is 0.120. The number of morpholine rings is 1. The van der Waals surface area contributed by atoms with Gasteiger partial charge in [0.15, 0.2) is 11.5 Å². The van der Waals surface area contributed by atoms with Gasteiger partial charge in [0.25, 0.3) is 0 Å². The van der Waals surface area contributed by atoms with Crippen molar-refractivity contribution >= 4 is 0 Å². The molecule has 0 spiro atoms. The first-order valence-corrected chi connectivity index (χ1v) is 6.45. The van der Waals surface area contributed by atoms with Crippen LogP contribution in [-0.4, -0.2) is 39.5 Å². The lowest BCUT2D eigenvalue weighted by molar-refractivity contribution is -0.000267. The third kappa shape index (κ3) is 3.37. The number of nitrogens with one attached hydrogen (secondary N) is 1. The van der Waals surface area contributed by atoms with Crippen LogP contribution in [0, 0.1) is 0 Å². The van der Waals surface area contributed by atoms with E-state index < -0.39 is 0 Å². The summed E-state index contributed by atoms with van der Waals surface area (Å²) in [5.41, 5.74) is 1.25. The monoisotopic (exact) mass is 251 g/mol. The summed E-state index contributed by atoms with van der Waals surface area (Å²) in [6.45, 7) is 5.19. The van der Waals surface area contributed by atoms with Crippen LogP contribution in [0.2, 0.25) is 0 Å². The third-order valence-electron chi connectivity index (χ3n) is 3.07. The molecule has 0 saturated carbocycles. The number of ether oxygens (including phenoxy) is 3. The molecular formula is C14H21NO3. The standard InChI is InChI=1S/C14H21NO3/c1-3-11-4-5-13(14(8-11)16-2)18-10-12-9-15-6-7-17-12/h4-5,8,12,15H,3,6-7,9-10H2,1-2H3. The molecule has 0 aliphatic carbocycles. The quantitative estimate of drug-likeness (QED) is 0.863. The van der Waals surface area contributed by atoms with E-state index in [2.05, 4.69) is 18.3 Å². The molecule has 1 atom stereocenters. The van der Waals surface area contributed by atoms with Crippen molar-refractivity contribution in [2.45, 2.75) is 19.4 Å². The lowest BCUT2D eigenvalue weighted by Crippen LogP contribution is -2.41. The fourth-order valence-electron chi connectivity index (χ4n) is 1.96. The molecule has 0 bridgehead atoms. The summed E-state index contributed by atoms with van der Waals surface area (Å²) in [6, 6.07) is 6.06. The molecule has 0 amide bonds. The van der Waals surface area contributed by atoms with Crippen molar-refractivity contribution < 1.29 is 14.2 Å². The Kier molecular flexibility index (Phi) is 4.84.